The number of aliphatic hydroxyl groups is 1. The Morgan fingerprint density at radius 3 is 1.31 bits per heavy atom. The molecule has 1 aliphatic carbocycles. The summed E-state index contributed by atoms with van der Waals surface area (Å²) in [6.07, 6.45) is 38.7. The number of ether oxygens (including phenoxy) is 6. The smallest absolute Gasteiger partial charge is 0.305 e. The molecular weight excluding hydrogens is 903 g/mol. The van der Waals surface area contributed by atoms with E-state index in [1.807, 2.05) is 0 Å². The first-order chi connectivity index (χ1) is 34.7. The third-order valence-electron chi connectivity index (χ3n) is 13.1. The van der Waals surface area contributed by atoms with Gasteiger partial charge in [0.15, 0.2) is 0 Å². The molecule has 1 fully saturated rings. The average Bonchev–Trinajstić information content (AvgIpc) is 3.34. The lowest BCUT2D eigenvalue weighted by Crippen LogP contribution is -2.42. The van der Waals surface area contributed by atoms with Crippen molar-refractivity contribution in [1.29, 1.82) is 0 Å². The van der Waals surface area contributed by atoms with Crippen molar-refractivity contribution >= 4 is 29.8 Å². The van der Waals surface area contributed by atoms with Crippen molar-refractivity contribution in [1.82, 2.24) is 4.90 Å². The number of carbonyl (C=O) groups is 5. The first kappa shape index (κ1) is 65.7. The van der Waals surface area contributed by atoms with Gasteiger partial charge in [-0.15, -0.1) is 0 Å². The van der Waals surface area contributed by atoms with Crippen molar-refractivity contribution < 1.29 is 57.5 Å². The minimum Gasteiger partial charge on any atom is -0.465 e. The number of hydrogen-bond acceptors (Lipinski definition) is 13. The summed E-state index contributed by atoms with van der Waals surface area (Å²) >= 11 is 0. The van der Waals surface area contributed by atoms with E-state index in [1.165, 1.54) is 44.9 Å². The maximum atomic E-state index is 13.1. The largest absolute Gasteiger partial charge is 0.465 e. The standard InChI is InChI=1S/C58H103NO12/c1-4-7-10-13-14-15-16-17-18-19-20-21-22-25-28-38-56(63)69-48-52(49-70-57(64)39-29-30-41-59(53-34-32-35-53)42-44-66-45-43-60)50-71-58(65)40-31-33-51(46-67-54(61)36-26-23-11-8-5-2)47-68-55(62)37-27-24-12-9-6-3/h14-15,17-18,51-53,60H,4-13,16,19-50H2,1-3H3/b15-14-,18-17-. The van der Waals surface area contributed by atoms with E-state index >= 15 is 0 Å². The van der Waals surface area contributed by atoms with Crippen LogP contribution < -0.4 is 0 Å². The summed E-state index contributed by atoms with van der Waals surface area (Å²) in [6.45, 7) is 9.16. The van der Waals surface area contributed by atoms with Gasteiger partial charge in [-0.2, -0.15) is 0 Å². The molecule has 0 spiro atoms. The zero-order valence-electron chi connectivity index (χ0n) is 45.3. The van der Waals surface area contributed by atoms with E-state index in [0.29, 0.717) is 57.8 Å². The van der Waals surface area contributed by atoms with Gasteiger partial charge in [0.25, 0.3) is 0 Å². The molecule has 1 N–H and O–H groups in total. The maximum Gasteiger partial charge on any atom is 0.305 e. The van der Waals surface area contributed by atoms with E-state index in [-0.39, 0.29) is 82.3 Å². The molecule has 0 bridgehead atoms. The minimum absolute atomic E-state index is 0.00934. The lowest BCUT2D eigenvalue weighted by Gasteiger charge is -2.37. The van der Waals surface area contributed by atoms with Crippen LogP contribution in [0.2, 0.25) is 0 Å². The number of unbranched alkanes of at least 4 members (excludes halogenated alkanes) is 17. The molecule has 0 saturated heterocycles. The van der Waals surface area contributed by atoms with Crippen LogP contribution in [0.5, 0.6) is 0 Å². The molecule has 1 unspecified atom stereocenters. The van der Waals surface area contributed by atoms with E-state index in [2.05, 4.69) is 50.0 Å². The van der Waals surface area contributed by atoms with Gasteiger partial charge in [-0.25, -0.2) is 0 Å². The third kappa shape index (κ3) is 41.8. The van der Waals surface area contributed by atoms with Crippen molar-refractivity contribution in [3.8, 4) is 0 Å². The summed E-state index contributed by atoms with van der Waals surface area (Å²) in [7, 11) is 0. The van der Waals surface area contributed by atoms with Gasteiger partial charge in [0.2, 0.25) is 0 Å². The highest BCUT2D eigenvalue weighted by Gasteiger charge is 2.25. The number of allylic oxidation sites excluding steroid dienone is 4. The molecule has 1 atom stereocenters. The van der Waals surface area contributed by atoms with Crippen LogP contribution in [0.25, 0.3) is 0 Å². The first-order valence-corrected chi connectivity index (χ1v) is 28.7. The third-order valence-corrected chi connectivity index (χ3v) is 13.1. The quantitative estimate of drug-likeness (QED) is 0.0265. The predicted molar refractivity (Wildman–Crippen MR) is 283 cm³/mol. The second-order valence-corrected chi connectivity index (χ2v) is 19.8. The van der Waals surface area contributed by atoms with Crippen molar-refractivity contribution in [3.63, 3.8) is 0 Å². The molecule has 0 aliphatic heterocycles. The molecule has 1 aliphatic rings. The molecule has 1 saturated carbocycles. The number of hydrogen-bond donors (Lipinski definition) is 1. The summed E-state index contributed by atoms with van der Waals surface area (Å²) in [5, 5.41) is 9.03. The minimum atomic E-state index is -0.528. The monoisotopic (exact) mass is 1010 g/mol. The Bertz CT molecular complexity index is 1340. The van der Waals surface area contributed by atoms with E-state index in [0.717, 1.165) is 129 Å². The second-order valence-electron chi connectivity index (χ2n) is 19.8. The highest BCUT2D eigenvalue weighted by molar-refractivity contribution is 5.71. The lowest BCUT2D eigenvalue weighted by atomic mass is 9.91. The number of rotatable bonds is 51. The molecule has 0 radical (unpaired) electrons. The molecule has 13 heteroatoms. The van der Waals surface area contributed by atoms with Crippen LogP contribution in [0.4, 0.5) is 0 Å². The SMILES string of the molecule is CCCCC/C=C\C/C=C\CCCCCCCC(=O)OCC(COC(=O)CCCCN(CCOCCO)C1CCC1)COC(=O)CCCC(COC(=O)CCCCCCC)COC(=O)CCCCCCC. The molecule has 0 heterocycles. The van der Waals surface area contributed by atoms with E-state index in [4.69, 9.17) is 33.5 Å². The van der Waals surface area contributed by atoms with Crippen LogP contribution in [0, 0.1) is 11.8 Å². The summed E-state index contributed by atoms with van der Waals surface area (Å²) in [4.78, 5) is 66.2. The maximum absolute atomic E-state index is 13.1. The average molecular weight is 1010 g/mol. The second kappa shape index (κ2) is 48.9. The summed E-state index contributed by atoms with van der Waals surface area (Å²) in [6, 6.07) is 0.543. The van der Waals surface area contributed by atoms with Gasteiger partial charge in [-0.05, 0) is 96.4 Å². The normalized spacial score (nSPS) is 13.3. The number of aliphatic hydroxyl groups excluding tert-OH is 1. The fourth-order valence-corrected chi connectivity index (χ4v) is 8.30. The van der Waals surface area contributed by atoms with Crippen LogP contribution in [-0.4, -0.2) is 112 Å². The fourth-order valence-electron chi connectivity index (χ4n) is 8.30. The number of nitrogens with zero attached hydrogens (tertiary/aromatic N) is 1. The van der Waals surface area contributed by atoms with Crippen molar-refractivity contribution in [3.05, 3.63) is 24.3 Å². The predicted octanol–water partition coefficient (Wildman–Crippen LogP) is 12.7. The Kier molecular flexibility index (Phi) is 45.3. The van der Waals surface area contributed by atoms with Gasteiger partial charge >= 0.3 is 29.8 Å². The zero-order valence-corrected chi connectivity index (χ0v) is 45.3. The van der Waals surface area contributed by atoms with Crippen molar-refractivity contribution in [2.45, 2.75) is 239 Å². The molecule has 71 heavy (non-hydrogen) atoms. The van der Waals surface area contributed by atoms with Crippen molar-refractivity contribution in [2.24, 2.45) is 11.8 Å². The number of esters is 5. The highest BCUT2D eigenvalue weighted by Crippen LogP contribution is 2.25. The van der Waals surface area contributed by atoms with Gasteiger partial charge in [-0.3, -0.25) is 28.9 Å². The summed E-state index contributed by atoms with van der Waals surface area (Å²) in [5.41, 5.74) is 0. The molecule has 412 valence electrons. The molecule has 0 aromatic heterocycles. The Morgan fingerprint density at radius 2 is 0.859 bits per heavy atom. The molecule has 0 aromatic rings. The van der Waals surface area contributed by atoms with Crippen LogP contribution in [0.1, 0.15) is 233 Å². The van der Waals surface area contributed by atoms with Gasteiger partial charge < -0.3 is 33.5 Å². The Balaban J connectivity index is 2.67. The van der Waals surface area contributed by atoms with Gasteiger partial charge in [-0.1, -0.05) is 135 Å². The Hall–Kier alpha value is -3.29. The Morgan fingerprint density at radius 1 is 0.465 bits per heavy atom. The van der Waals surface area contributed by atoms with E-state index in [9.17, 15) is 24.0 Å². The van der Waals surface area contributed by atoms with E-state index in [1.54, 1.807) is 0 Å². The molecule has 0 aromatic carbocycles. The molecular formula is C58H103NO12. The van der Waals surface area contributed by atoms with E-state index < -0.39 is 11.9 Å². The molecule has 1 rings (SSSR count). The Labute approximate surface area is 431 Å². The lowest BCUT2D eigenvalue weighted by molar-refractivity contribution is -0.155. The van der Waals surface area contributed by atoms with Gasteiger partial charge in [0, 0.05) is 50.6 Å². The van der Waals surface area contributed by atoms with Gasteiger partial charge in [0.05, 0.1) is 39.0 Å². The van der Waals surface area contributed by atoms with Crippen LogP contribution in [0.15, 0.2) is 24.3 Å². The fraction of sp³-hybridized carbons (Fsp3) is 0.845. The molecule has 0 amide bonds. The van der Waals surface area contributed by atoms with Crippen LogP contribution in [0.3, 0.4) is 0 Å². The van der Waals surface area contributed by atoms with Gasteiger partial charge in [0.1, 0.15) is 19.8 Å². The number of carbonyl (C=O) groups excluding carboxylic acids is 5. The molecule has 13 nitrogen and oxygen atoms in total. The highest BCUT2D eigenvalue weighted by atomic mass is 16.6. The summed E-state index contributed by atoms with van der Waals surface area (Å²) < 4.78 is 33.7. The zero-order chi connectivity index (χ0) is 51.7. The van der Waals surface area contributed by atoms with Crippen molar-refractivity contribution in [2.75, 3.05) is 65.9 Å². The topological polar surface area (TPSA) is 164 Å². The first-order valence-electron chi connectivity index (χ1n) is 28.7. The van der Waals surface area contributed by atoms with Crippen LogP contribution in [-0.2, 0) is 52.4 Å². The van der Waals surface area contributed by atoms with Crippen LogP contribution >= 0.6 is 0 Å². The summed E-state index contributed by atoms with van der Waals surface area (Å²) in [5.74, 6) is -2.43.